The molecule has 3 aromatic heterocycles. The van der Waals surface area contributed by atoms with Crippen LogP contribution in [0.15, 0.2) is 85.7 Å². The lowest BCUT2D eigenvalue weighted by atomic mass is 9.88. The standard InChI is InChI=1S/C91H120F9N13O23/c1-82(2)128-72-69(110-63-42-101-39-60(107-63)89(92,93)94)78-125-52-86(134-78,75(72)131-82)49-118-33-20-10-7-17-30-104-66(114)27-36-121-46-85(113-81(117)124-45-59-57-25-15-13-23-55(57)56-24-14-16-26-58(56)59,47-122-37-28-67(115)105-31-18-8-11-21-34-119-50-87-53-126-79(135-87)70(73-76(87)132-83(3,4)129-73)111-64-43-102-40-61(108-64)90(95,96)97)48-123-38-29-68(116)106-32-19-9-12-22-35-120-51-88-54-127-80(136-88)71(74-77(88)133-84(5,6)130-74)112-65-44-103-41-62(109-65)91(98,99)100/h13-16,23-26,39-44,59,69-80H,7-12,17-22,27-38,45-54H2,1-6H3,(H,104,114)(H,105,115)(H,106,116)(H,107,110)(H,108,111)(H,109,112)(H,113,117)/t69-,70-,71-,72-,73-,74-,75-,76-,77-,78+,79+,80+,86+,87+,88+/m1/s1. The van der Waals surface area contributed by atoms with Crippen LogP contribution in [0.1, 0.15) is 172 Å². The summed E-state index contributed by atoms with van der Waals surface area (Å²) in [6, 6.07) is 13.4. The first-order valence-corrected chi connectivity index (χ1v) is 46.3. The first-order chi connectivity index (χ1) is 65.0. The van der Waals surface area contributed by atoms with Gasteiger partial charge >= 0.3 is 24.6 Å². The number of aromatic nitrogens is 6. The van der Waals surface area contributed by atoms with Gasteiger partial charge in [-0.05, 0) is 102 Å². The van der Waals surface area contributed by atoms with Crippen LogP contribution in [0.2, 0.25) is 0 Å². The van der Waals surface area contributed by atoms with Gasteiger partial charge in [0.15, 0.2) is 53.3 Å². The molecule has 0 spiro atoms. The van der Waals surface area contributed by atoms with Crippen LogP contribution in [-0.2, 0) is 123 Å². The van der Waals surface area contributed by atoms with Gasteiger partial charge in [0.1, 0.15) is 101 Å². The Morgan fingerprint density at radius 2 is 0.706 bits per heavy atom. The fraction of sp³-hybridized carbons (Fsp3) is 0.692. The Kier molecular flexibility index (Phi) is 33.0. The number of carbonyl (C=O) groups is 4. The van der Waals surface area contributed by atoms with Gasteiger partial charge in [0.05, 0.1) is 116 Å². The minimum absolute atomic E-state index is 0.0481. The Labute approximate surface area is 780 Å². The van der Waals surface area contributed by atoms with E-state index in [-0.39, 0.29) is 146 Å². The summed E-state index contributed by atoms with van der Waals surface area (Å²) < 4.78 is 240. The number of fused-ring (bicyclic) bond motifs is 15. The number of unbranched alkanes of at least 4 members (excludes halogenated alkanes) is 9. The van der Waals surface area contributed by atoms with Crippen molar-refractivity contribution in [3.63, 3.8) is 0 Å². The number of alkyl halides is 9. The predicted molar refractivity (Wildman–Crippen MR) is 460 cm³/mol. The number of amides is 4. The highest BCUT2D eigenvalue weighted by Gasteiger charge is 2.69. The second-order valence-electron chi connectivity index (χ2n) is 37.1. The van der Waals surface area contributed by atoms with Crippen molar-refractivity contribution in [2.45, 2.75) is 276 Å². The summed E-state index contributed by atoms with van der Waals surface area (Å²) >= 11 is 0. The maximum atomic E-state index is 14.4. The molecule has 750 valence electrons. The monoisotopic (exact) mass is 1930 g/mol. The zero-order valence-electron chi connectivity index (χ0n) is 76.6. The molecule has 4 amide bonds. The number of rotatable bonds is 51. The van der Waals surface area contributed by atoms with Gasteiger partial charge in [-0.2, -0.15) is 39.5 Å². The molecule has 36 nitrogen and oxygen atoms in total. The highest BCUT2D eigenvalue weighted by Crippen LogP contribution is 2.52. The van der Waals surface area contributed by atoms with E-state index in [1.165, 1.54) is 18.6 Å². The van der Waals surface area contributed by atoms with E-state index in [0.717, 1.165) is 60.8 Å². The van der Waals surface area contributed by atoms with Crippen LogP contribution >= 0.6 is 0 Å². The molecule has 10 aliphatic rings. The molecule has 15 atom stereocenters. The number of hydrogen-bond donors (Lipinski definition) is 7. The number of halogens is 9. The molecule has 0 unspecified atom stereocenters. The van der Waals surface area contributed by atoms with Crippen LogP contribution in [-0.4, -0.2) is 292 Å². The van der Waals surface area contributed by atoms with E-state index >= 15 is 0 Å². The molecule has 12 heterocycles. The second kappa shape index (κ2) is 44.1. The van der Waals surface area contributed by atoms with Crippen molar-refractivity contribution in [3.05, 3.63) is 114 Å². The number of alkyl carbamates (subject to hydrolysis) is 1. The van der Waals surface area contributed by atoms with E-state index in [9.17, 15) is 58.7 Å². The molecule has 9 aliphatic heterocycles. The van der Waals surface area contributed by atoms with Crippen LogP contribution in [0.4, 0.5) is 61.8 Å². The number of hydrogen-bond acceptors (Lipinski definition) is 32. The molecule has 0 radical (unpaired) electrons. The van der Waals surface area contributed by atoms with E-state index in [1.54, 1.807) is 41.5 Å². The van der Waals surface area contributed by atoms with Crippen molar-refractivity contribution in [1.29, 1.82) is 0 Å². The van der Waals surface area contributed by atoms with Crippen molar-refractivity contribution in [3.8, 4) is 11.1 Å². The van der Waals surface area contributed by atoms with Gasteiger partial charge in [0, 0.05) is 64.6 Å². The summed E-state index contributed by atoms with van der Waals surface area (Å²) in [6.45, 7) is 11.9. The molecule has 6 bridgehead atoms. The first kappa shape index (κ1) is 102. The van der Waals surface area contributed by atoms with Gasteiger partial charge in [-0.1, -0.05) is 87.1 Å². The van der Waals surface area contributed by atoms with Gasteiger partial charge in [0.25, 0.3) is 0 Å². The zero-order chi connectivity index (χ0) is 96.2. The second-order valence-corrected chi connectivity index (χ2v) is 37.1. The fourth-order valence-corrected chi connectivity index (χ4v) is 18.7. The van der Waals surface area contributed by atoms with Crippen LogP contribution in [0, 0.1) is 0 Å². The van der Waals surface area contributed by atoms with E-state index in [2.05, 4.69) is 67.1 Å². The van der Waals surface area contributed by atoms with Crippen LogP contribution < -0.4 is 37.2 Å². The summed E-state index contributed by atoms with van der Waals surface area (Å²) in [5.74, 6) is -4.79. The third kappa shape index (κ3) is 25.6. The maximum Gasteiger partial charge on any atom is 0.434 e. The van der Waals surface area contributed by atoms with Crippen LogP contribution in [0.3, 0.4) is 0 Å². The average molecular weight is 1940 g/mol. The minimum Gasteiger partial charge on any atom is -0.449 e. The van der Waals surface area contributed by atoms with Crippen molar-refractivity contribution >= 4 is 41.3 Å². The average Bonchev–Trinajstić information content (AvgIpc) is 1.57. The number of carbonyl (C=O) groups excluding carboxylic acids is 4. The lowest BCUT2D eigenvalue weighted by molar-refractivity contribution is -0.207. The van der Waals surface area contributed by atoms with E-state index < -0.39 is 155 Å². The van der Waals surface area contributed by atoms with Crippen molar-refractivity contribution in [1.82, 2.24) is 51.2 Å². The topological polar surface area (TPSA) is 405 Å². The molecule has 45 heteroatoms. The molecular formula is C91H120F9N13O23. The molecule has 9 fully saturated rings. The number of nitrogens with one attached hydrogen (secondary N) is 7. The molecule has 0 saturated carbocycles. The van der Waals surface area contributed by atoms with Gasteiger partial charge in [0.2, 0.25) is 17.7 Å². The SMILES string of the molecule is CC1(C)O[C@@H]2[C@@H](Nc3cncc(C(F)(F)F)n3)[C@H]3OC[C@](COCCCCCCNC(=O)CCOCC(COCCC(=O)NCCCCCCOC[C@@]45CO[C@@H](O4)[C@H](Nc4cncc(C(F)(F)F)n4)[C@H]4OC(C)(C)O[C@H]45)(COCCC(=O)NCCCCCCOC[C@@]45CO[C@@H](O4)[C@H](Nc4cncc(C(F)(F)F)n4)[C@H]4OC(C)(C)O[C@H]45)NC(=O)OCC4c5ccccc5-c5ccccc54)(O3)[C@@H]2O1. The summed E-state index contributed by atoms with van der Waals surface area (Å²) in [4.78, 5) is 77.0. The maximum absolute atomic E-state index is 14.4. The summed E-state index contributed by atoms with van der Waals surface area (Å²) in [6.07, 6.45) is -8.32. The summed E-state index contributed by atoms with van der Waals surface area (Å²) in [5, 5.41) is 20.8. The summed E-state index contributed by atoms with van der Waals surface area (Å²) in [5.41, 5.74) is -4.22. The molecule has 136 heavy (non-hydrogen) atoms. The van der Waals surface area contributed by atoms with Crippen LogP contribution in [0.5, 0.6) is 0 Å². The van der Waals surface area contributed by atoms with Gasteiger partial charge in [-0.3, -0.25) is 29.3 Å². The highest BCUT2D eigenvalue weighted by atomic mass is 19.4. The molecule has 7 N–H and O–H groups in total. The third-order valence-corrected chi connectivity index (χ3v) is 25.0. The molecule has 9 saturated heterocycles. The van der Waals surface area contributed by atoms with E-state index in [0.29, 0.717) is 96.6 Å². The smallest absolute Gasteiger partial charge is 0.434 e. The predicted octanol–water partition coefficient (Wildman–Crippen LogP) is 10.4. The van der Waals surface area contributed by atoms with Crippen LogP contribution in [0.25, 0.3) is 11.1 Å². The first-order valence-electron chi connectivity index (χ1n) is 46.3. The fourth-order valence-electron chi connectivity index (χ4n) is 18.7. The quantitative estimate of drug-likeness (QED) is 0.0140. The normalized spacial score (nSPS) is 27.5. The number of nitrogens with zero attached hydrogens (tertiary/aromatic N) is 6. The highest BCUT2D eigenvalue weighted by molar-refractivity contribution is 5.79. The Morgan fingerprint density at radius 3 is 1.03 bits per heavy atom. The zero-order valence-corrected chi connectivity index (χ0v) is 76.6. The minimum atomic E-state index is -4.71. The largest absolute Gasteiger partial charge is 0.449 e. The Bertz CT molecular complexity index is 4410. The lowest BCUT2D eigenvalue weighted by Gasteiger charge is -2.42. The number of anilines is 3. The van der Waals surface area contributed by atoms with Crippen molar-refractivity contribution < 1.29 is 149 Å². The van der Waals surface area contributed by atoms with Gasteiger partial charge in [-0.15, -0.1) is 0 Å². The van der Waals surface area contributed by atoms with Crippen molar-refractivity contribution in [2.24, 2.45) is 0 Å². The van der Waals surface area contributed by atoms with Gasteiger partial charge < -0.3 is 127 Å². The Hall–Kier alpha value is -8.59. The Morgan fingerprint density at radius 1 is 0.390 bits per heavy atom. The van der Waals surface area contributed by atoms with E-state index in [4.69, 9.17) is 90.0 Å². The summed E-state index contributed by atoms with van der Waals surface area (Å²) in [7, 11) is 0. The molecule has 5 aromatic rings. The molecule has 1 aliphatic carbocycles. The lowest BCUT2D eigenvalue weighted by Crippen LogP contribution is -2.63. The van der Waals surface area contributed by atoms with Crippen molar-refractivity contribution in [2.75, 3.05) is 141 Å². The Balaban J connectivity index is 0.509. The molecule has 2 aromatic carbocycles. The molecular weight excluding hydrogens is 1810 g/mol. The number of ether oxygens (including phenoxy) is 19. The van der Waals surface area contributed by atoms with E-state index in [1.807, 2.05) is 48.5 Å². The third-order valence-electron chi connectivity index (χ3n) is 25.0. The van der Waals surface area contributed by atoms with Gasteiger partial charge in [-0.25, -0.2) is 19.7 Å². The number of benzene rings is 2. The molecule has 15 rings (SSSR count).